The van der Waals surface area contributed by atoms with E-state index in [1.165, 1.54) is 17.4 Å². The largest absolute Gasteiger partial charge is 0.496 e. The van der Waals surface area contributed by atoms with E-state index in [1.807, 2.05) is 11.4 Å². The Labute approximate surface area is 87.3 Å². The van der Waals surface area contributed by atoms with E-state index in [0.29, 0.717) is 10.2 Å². The molecule has 1 aromatic heterocycles. The molecular weight excluding hydrogens is 255 g/mol. The molecule has 4 heteroatoms. The Morgan fingerprint density at radius 2 is 2.31 bits per heavy atom. The Hall–Kier alpha value is -0.610. The number of halogens is 2. The minimum atomic E-state index is -0.285. The summed E-state index contributed by atoms with van der Waals surface area (Å²) in [4.78, 5) is 0. The number of hydrogen-bond acceptors (Lipinski definition) is 2. The highest BCUT2D eigenvalue weighted by Crippen LogP contribution is 2.37. The van der Waals surface area contributed by atoms with E-state index in [4.69, 9.17) is 4.74 Å². The number of rotatable bonds is 1. The predicted molar refractivity (Wildman–Crippen MR) is 56.0 cm³/mol. The van der Waals surface area contributed by atoms with Crippen molar-refractivity contribution >= 4 is 37.4 Å². The van der Waals surface area contributed by atoms with Crippen molar-refractivity contribution in [3.63, 3.8) is 0 Å². The summed E-state index contributed by atoms with van der Waals surface area (Å²) in [7, 11) is 1.54. The highest BCUT2D eigenvalue weighted by atomic mass is 79.9. The van der Waals surface area contributed by atoms with Gasteiger partial charge in [-0.25, -0.2) is 4.39 Å². The zero-order valence-electron chi connectivity index (χ0n) is 6.80. The Morgan fingerprint density at radius 3 is 3.00 bits per heavy atom. The maximum Gasteiger partial charge on any atom is 0.142 e. The van der Waals surface area contributed by atoms with Crippen LogP contribution in [0.3, 0.4) is 0 Å². The molecule has 68 valence electrons. The second-order valence-corrected chi connectivity index (χ2v) is 4.25. The molecule has 0 aliphatic rings. The molecule has 0 aliphatic carbocycles. The van der Waals surface area contributed by atoms with Crippen LogP contribution in [0.5, 0.6) is 5.75 Å². The predicted octanol–water partition coefficient (Wildman–Crippen LogP) is 3.81. The maximum absolute atomic E-state index is 13.3. The summed E-state index contributed by atoms with van der Waals surface area (Å²) < 4.78 is 19.7. The first-order valence-electron chi connectivity index (χ1n) is 3.63. The Bertz CT molecular complexity index is 452. The van der Waals surface area contributed by atoms with E-state index in [9.17, 15) is 4.39 Å². The number of methoxy groups -OCH3 is 1. The smallest absolute Gasteiger partial charge is 0.142 e. The highest BCUT2D eigenvalue weighted by Gasteiger charge is 2.11. The summed E-state index contributed by atoms with van der Waals surface area (Å²) in [6.07, 6.45) is 0. The van der Waals surface area contributed by atoms with Gasteiger partial charge in [-0.05, 0) is 27.4 Å². The quantitative estimate of drug-likeness (QED) is 0.758. The van der Waals surface area contributed by atoms with Crippen LogP contribution in [0.2, 0.25) is 0 Å². The molecule has 1 nitrogen and oxygen atoms in total. The first kappa shape index (κ1) is 8.97. The lowest BCUT2D eigenvalue weighted by Crippen LogP contribution is -1.86. The lowest BCUT2D eigenvalue weighted by atomic mass is 10.2. The monoisotopic (exact) mass is 260 g/mol. The Kier molecular flexibility index (Phi) is 2.26. The summed E-state index contributed by atoms with van der Waals surface area (Å²) in [6.45, 7) is 0. The molecule has 0 fully saturated rings. The van der Waals surface area contributed by atoms with E-state index in [-0.39, 0.29) is 5.82 Å². The van der Waals surface area contributed by atoms with Gasteiger partial charge >= 0.3 is 0 Å². The van der Waals surface area contributed by atoms with Crippen LogP contribution in [-0.2, 0) is 0 Å². The SMILES string of the molecule is COc1cc(F)c(Br)c2sccc12. The van der Waals surface area contributed by atoms with Crippen LogP contribution in [0.15, 0.2) is 22.0 Å². The van der Waals surface area contributed by atoms with Gasteiger partial charge in [0.05, 0.1) is 16.3 Å². The standard InChI is InChI=1S/C9H6BrFOS/c1-12-7-4-6(11)8(10)9-5(7)2-3-13-9/h2-4H,1H3. The third kappa shape index (κ3) is 1.34. The van der Waals surface area contributed by atoms with Gasteiger partial charge in [-0.1, -0.05) is 0 Å². The molecule has 0 radical (unpaired) electrons. The third-order valence-electron chi connectivity index (χ3n) is 1.82. The fourth-order valence-corrected chi connectivity index (χ4v) is 2.65. The molecule has 0 saturated carbocycles. The van der Waals surface area contributed by atoms with Gasteiger partial charge in [0.2, 0.25) is 0 Å². The van der Waals surface area contributed by atoms with Gasteiger partial charge in [0, 0.05) is 11.5 Å². The normalized spacial score (nSPS) is 10.7. The molecule has 0 aliphatic heterocycles. The second kappa shape index (κ2) is 3.27. The van der Waals surface area contributed by atoms with Crippen molar-refractivity contribution < 1.29 is 9.13 Å². The molecule has 0 atom stereocenters. The molecule has 0 unspecified atom stereocenters. The molecule has 0 spiro atoms. The summed E-state index contributed by atoms with van der Waals surface area (Å²) >= 11 is 4.69. The van der Waals surface area contributed by atoms with Crippen LogP contribution in [0.4, 0.5) is 4.39 Å². The highest BCUT2D eigenvalue weighted by molar-refractivity contribution is 9.10. The number of ether oxygens (including phenoxy) is 1. The average Bonchev–Trinajstić information content (AvgIpc) is 2.60. The minimum Gasteiger partial charge on any atom is -0.496 e. The first-order valence-corrected chi connectivity index (χ1v) is 5.30. The topological polar surface area (TPSA) is 9.23 Å². The van der Waals surface area contributed by atoms with Crippen LogP contribution < -0.4 is 4.74 Å². The molecule has 1 heterocycles. The van der Waals surface area contributed by atoms with Crippen molar-refractivity contribution in [2.75, 3.05) is 7.11 Å². The van der Waals surface area contributed by atoms with Crippen LogP contribution in [0.1, 0.15) is 0 Å². The lowest BCUT2D eigenvalue weighted by Gasteiger charge is -2.03. The molecule has 13 heavy (non-hydrogen) atoms. The van der Waals surface area contributed by atoms with Gasteiger partial charge in [0.1, 0.15) is 11.6 Å². The van der Waals surface area contributed by atoms with Crippen molar-refractivity contribution in [2.24, 2.45) is 0 Å². The van der Waals surface area contributed by atoms with Crippen molar-refractivity contribution in [3.05, 3.63) is 27.8 Å². The van der Waals surface area contributed by atoms with Gasteiger partial charge in [0.15, 0.2) is 0 Å². The lowest BCUT2D eigenvalue weighted by molar-refractivity contribution is 0.416. The average molecular weight is 261 g/mol. The zero-order valence-corrected chi connectivity index (χ0v) is 9.21. The molecule has 2 rings (SSSR count). The fourth-order valence-electron chi connectivity index (χ4n) is 1.21. The zero-order chi connectivity index (χ0) is 9.42. The summed E-state index contributed by atoms with van der Waals surface area (Å²) in [6, 6.07) is 3.31. The van der Waals surface area contributed by atoms with E-state index in [1.54, 1.807) is 7.11 Å². The molecule has 2 aromatic rings. The number of thiophene rings is 1. The fraction of sp³-hybridized carbons (Fsp3) is 0.111. The van der Waals surface area contributed by atoms with E-state index in [2.05, 4.69) is 15.9 Å². The molecule has 0 bridgehead atoms. The van der Waals surface area contributed by atoms with Crippen LogP contribution in [-0.4, -0.2) is 7.11 Å². The van der Waals surface area contributed by atoms with Crippen LogP contribution in [0.25, 0.3) is 10.1 Å². The molecule has 0 saturated heterocycles. The van der Waals surface area contributed by atoms with Gasteiger partial charge in [-0.3, -0.25) is 0 Å². The summed E-state index contributed by atoms with van der Waals surface area (Å²) in [5.74, 6) is 0.295. The second-order valence-electron chi connectivity index (χ2n) is 2.54. The van der Waals surface area contributed by atoms with Crippen molar-refractivity contribution in [1.82, 2.24) is 0 Å². The number of hydrogen-bond donors (Lipinski definition) is 0. The molecule has 0 N–H and O–H groups in total. The van der Waals surface area contributed by atoms with Crippen LogP contribution in [0, 0.1) is 5.82 Å². The van der Waals surface area contributed by atoms with E-state index in [0.717, 1.165) is 10.1 Å². The summed E-state index contributed by atoms with van der Waals surface area (Å²) in [5, 5.41) is 2.86. The Morgan fingerprint density at radius 1 is 1.54 bits per heavy atom. The molecule has 0 amide bonds. The minimum absolute atomic E-state index is 0.285. The first-order chi connectivity index (χ1) is 6.24. The number of fused-ring (bicyclic) bond motifs is 1. The van der Waals surface area contributed by atoms with Gasteiger partial charge in [0.25, 0.3) is 0 Å². The van der Waals surface area contributed by atoms with E-state index < -0.39 is 0 Å². The van der Waals surface area contributed by atoms with Crippen LogP contribution >= 0.6 is 27.3 Å². The number of benzene rings is 1. The van der Waals surface area contributed by atoms with Crippen molar-refractivity contribution in [2.45, 2.75) is 0 Å². The van der Waals surface area contributed by atoms with Gasteiger partial charge in [-0.15, -0.1) is 11.3 Å². The maximum atomic E-state index is 13.3. The summed E-state index contributed by atoms with van der Waals surface area (Å²) in [5.41, 5.74) is 0. The van der Waals surface area contributed by atoms with Crippen molar-refractivity contribution in [3.8, 4) is 5.75 Å². The van der Waals surface area contributed by atoms with Gasteiger partial charge < -0.3 is 4.74 Å². The Balaban J connectivity index is 2.87. The van der Waals surface area contributed by atoms with Crippen molar-refractivity contribution in [1.29, 1.82) is 0 Å². The van der Waals surface area contributed by atoms with Gasteiger partial charge in [-0.2, -0.15) is 0 Å². The molecular formula is C9H6BrFOS. The third-order valence-corrected chi connectivity index (χ3v) is 3.79. The van der Waals surface area contributed by atoms with E-state index >= 15 is 0 Å². The molecule has 1 aromatic carbocycles.